The molecule has 0 radical (unpaired) electrons. The molecule has 4 heteroatoms. The number of aryl methyl sites for hydroxylation is 2. The average Bonchev–Trinajstić information content (AvgIpc) is 2.60. The number of fused-ring (bicyclic) bond motifs is 2. The molecule has 0 bridgehead atoms. The van der Waals surface area contributed by atoms with Crippen LogP contribution in [0.2, 0.25) is 0 Å². The van der Waals surface area contributed by atoms with Crippen molar-refractivity contribution >= 4 is 21.6 Å². The zero-order chi connectivity index (χ0) is 11.8. The molecule has 90 valence electrons. The summed E-state index contributed by atoms with van der Waals surface area (Å²) < 4.78 is 2.73. The van der Waals surface area contributed by atoms with E-state index in [4.69, 9.17) is 0 Å². The van der Waals surface area contributed by atoms with E-state index in [1.54, 1.807) is 11.3 Å². The third-order valence-electron chi connectivity index (χ3n) is 3.39. The summed E-state index contributed by atoms with van der Waals surface area (Å²) in [4.78, 5) is 18.3. The molecular weight excluding hydrogens is 232 g/mol. The van der Waals surface area contributed by atoms with E-state index in [1.165, 1.54) is 11.3 Å². The summed E-state index contributed by atoms with van der Waals surface area (Å²) in [6, 6.07) is 2.08. The lowest BCUT2D eigenvalue weighted by atomic mass is 10.2. The SMILES string of the molecule is CCc1cc2nc3n(c(=O)c2s1)CCCCC3. The van der Waals surface area contributed by atoms with Crippen molar-refractivity contribution in [3.8, 4) is 0 Å². The van der Waals surface area contributed by atoms with E-state index in [-0.39, 0.29) is 5.56 Å². The van der Waals surface area contributed by atoms with Crippen LogP contribution in [0.4, 0.5) is 0 Å². The molecule has 0 amide bonds. The van der Waals surface area contributed by atoms with Gasteiger partial charge in [0, 0.05) is 17.8 Å². The van der Waals surface area contributed by atoms with E-state index in [2.05, 4.69) is 18.0 Å². The van der Waals surface area contributed by atoms with Gasteiger partial charge in [0.1, 0.15) is 10.5 Å². The van der Waals surface area contributed by atoms with Gasteiger partial charge in [-0.3, -0.25) is 9.36 Å². The van der Waals surface area contributed by atoms with E-state index in [9.17, 15) is 4.79 Å². The van der Waals surface area contributed by atoms with E-state index in [1.807, 2.05) is 4.57 Å². The topological polar surface area (TPSA) is 34.9 Å². The predicted molar refractivity (Wildman–Crippen MR) is 70.8 cm³/mol. The summed E-state index contributed by atoms with van der Waals surface area (Å²) in [5.41, 5.74) is 1.08. The lowest BCUT2D eigenvalue weighted by Crippen LogP contribution is -2.23. The summed E-state index contributed by atoms with van der Waals surface area (Å²) >= 11 is 1.61. The maximum Gasteiger partial charge on any atom is 0.271 e. The van der Waals surface area contributed by atoms with E-state index in [0.717, 1.165) is 48.3 Å². The molecule has 0 unspecified atom stereocenters. The van der Waals surface area contributed by atoms with Crippen LogP contribution in [-0.2, 0) is 19.4 Å². The fraction of sp³-hybridized carbons (Fsp3) is 0.538. The average molecular weight is 248 g/mol. The zero-order valence-electron chi connectivity index (χ0n) is 10.0. The lowest BCUT2D eigenvalue weighted by molar-refractivity contribution is 0.614. The molecule has 17 heavy (non-hydrogen) atoms. The molecule has 3 heterocycles. The van der Waals surface area contributed by atoms with E-state index < -0.39 is 0 Å². The number of nitrogens with zero attached hydrogens (tertiary/aromatic N) is 2. The second-order valence-electron chi connectivity index (χ2n) is 4.58. The van der Waals surface area contributed by atoms with Crippen molar-refractivity contribution in [2.45, 2.75) is 45.6 Å². The first-order valence-corrected chi connectivity index (χ1v) is 7.13. The van der Waals surface area contributed by atoms with Crippen LogP contribution in [0.5, 0.6) is 0 Å². The molecule has 1 aliphatic heterocycles. The third kappa shape index (κ3) is 1.80. The molecule has 3 rings (SSSR count). The standard InChI is InChI=1S/C13H16N2OS/c1-2-9-8-10-12(17-9)13(16)15-7-5-3-4-6-11(15)14-10/h8H,2-7H2,1H3. The fourth-order valence-electron chi connectivity index (χ4n) is 2.43. The molecule has 2 aromatic rings. The highest BCUT2D eigenvalue weighted by molar-refractivity contribution is 7.18. The molecule has 0 N–H and O–H groups in total. The maximum absolute atomic E-state index is 12.4. The van der Waals surface area contributed by atoms with Crippen molar-refractivity contribution in [2.75, 3.05) is 0 Å². The normalized spacial score (nSPS) is 15.8. The lowest BCUT2D eigenvalue weighted by Gasteiger charge is -2.07. The first-order chi connectivity index (χ1) is 8.29. The Morgan fingerprint density at radius 2 is 2.29 bits per heavy atom. The van der Waals surface area contributed by atoms with Gasteiger partial charge in [0.05, 0.1) is 5.52 Å². The van der Waals surface area contributed by atoms with Crippen molar-refractivity contribution in [3.63, 3.8) is 0 Å². The number of aromatic nitrogens is 2. The van der Waals surface area contributed by atoms with Gasteiger partial charge in [0.15, 0.2) is 0 Å². The Bertz CT molecular complexity index is 612. The van der Waals surface area contributed by atoms with Crippen LogP contribution in [0.15, 0.2) is 10.9 Å². The Hall–Kier alpha value is -1.16. The summed E-state index contributed by atoms with van der Waals surface area (Å²) in [6.07, 6.45) is 5.39. The van der Waals surface area contributed by atoms with Crippen molar-refractivity contribution < 1.29 is 0 Å². The minimum atomic E-state index is 0.177. The van der Waals surface area contributed by atoms with Crippen LogP contribution in [0.1, 0.15) is 36.9 Å². The number of hydrogen-bond acceptors (Lipinski definition) is 3. The molecule has 0 spiro atoms. The van der Waals surface area contributed by atoms with Crippen molar-refractivity contribution in [3.05, 3.63) is 27.1 Å². The van der Waals surface area contributed by atoms with Gasteiger partial charge >= 0.3 is 0 Å². The Kier molecular flexibility index (Phi) is 2.74. The smallest absolute Gasteiger partial charge is 0.271 e. The van der Waals surface area contributed by atoms with E-state index in [0.29, 0.717) is 0 Å². The highest BCUT2D eigenvalue weighted by atomic mass is 32.1. The van der Waals surface area contributed by atoms with Gasteiger partial charge in [0.2, 0.25) is 0 Å². The summed E-state index contributed by atoms with van der Waals surface area (Å²) in [5.74, 6) is 0.987. The van der Waals surface area contributed by atoms with Crippen LogP contribution >= 0.6 is 11.3 Å². The number of rotatable bonds is 1. The highest BCUT2D eigenvalue weighted by Gasteiger charge is 2.15. The Labute approximate surface area is 104 Å². The molecule has 0 fully saturated rings. The largest absolute Gasteiger partial charge is 0.295 e. The van der Waals surface area contributed by atoms with Crippen LogP contribution in [-0.4, -0.2) is 9.55 Å². The second kappa shape index (κ2) is 4.26. The minimum Gasteiger partial charge on any atom is -0.295 e. The maximum atomic E-state index is 12.4. The van der Waals surface area contributed by atoms with Crippen molar-refractivity contribution in [2.24, 2.45) is 0 Å². The van der Waals surface area contributed by atoms with Crippen molar-refractivity contribution in [1.29, 1.82) is 0 Å². The molecule has 0 aliphatic carbocycles. The molecule has 0 saturated carbocycles. The van der Waals surface area contributed by atoms with Crippen LogP contribution in [0, 0.1) is 0 Å². The van der Waals surface area contributed by atoms with Crippen molar-refractivity contribution in [1.82, 2.24) is 9.55 Å². The first-order valence-electron chi connectivity index (χ1n) is 6.31. The molecule has 2 aromatic heterocycles. The Morgan fingerprint density at radius 3 is 3.12 bits per heavy atom. The zero-order valence-corrected chi connectivity index (χ0v) is 10.8. The van der Waals surface area contributed by atoms with Crippen LogP contribution in [0.3, 0.4) is 0 Å². The van der Waals surface area contributed by atoms with Gasteiger partial charge in [-0.2, -0.15) is 0 Å². The van der Waals surface area contributed by atoms with Gasteiger partial charge in [-0.15, -0.1) is 11.3 Å². The number of hydrogen-bond donors (Lipinski definition) is 0. The molecule has 1 aliphatic rings. The molecular formula is C13H16N2OS. The summed E-state index contributed by atoms with van der Waals surface area (Å²) in [6.45, 7) is 2.96. The highest BCUT2D eigenvalue weighted by Crippen LogP contribution is 2.23. The third-order valence-corrected chi connectivity index (χ3v) is 4.65. The van der Waals surface area contributed by atoms with Crippen LogP contribution < -0.4 is 5.56 Å². The fourth-order valence-corrected chi connectivity index (χ4v) is 3.42. The van der Waals surface area contributed by atoms with Gasteiger partial charge < -0.3 is 0 Å². The number of thiophene rings is 1. The molecule has 0 saturated heterocycles. The second-order valence-corrected chi connectivity index (χ2v) is 5.71. The Balaban J connectivity index is 2.27. The predicted octanol–water partition coefficient (Wildman–Crippen LogP) is 2.75. The van der Waals surface area contributed by atoms with Crippen LogP contribution in [0.25, 0.3) is 10.2 Å². The van der Waals surface area contributed by atoms with E-state index >= 15 is 0 Å². The summed E-state index contributed by atoms with van der Waals surface area (Å²) in [7, 11) is 0. The monoisotopic (exact) mass is 248 g/mol. The molecule has 3 nitrogen and oxygen atoms in total. The first kappa shape index (κ1) is 11.0. The minimum absolute atomic E-state index is 0.177. The van der Waals surface area contributed by atoms with Gasteiger partial charge in [-0.1, -0.05) is 13.3 Å². The summed E-state index contributed by atoms with van der Waals surface area (Å²) in [5, 5.41) is 0. The van der Waals surface area contributed by atoms with Gasteiger partial charge in [0.25, 0.3) is 5.56 Å². The van der Waals surface area contributed by atoms with Gasteiger partial charge in [-0.05, 0) is 25.3 Å². The molecule has 0 aromatic carbocycles. The Morgan fingerprint density at radius 1 is 1.41 bits per heavy atom. The molecule has 0 atom stereocenters. The quantitative estimate of drug-likeness (QED) is 0.777. The van der Waals surface area contributed by atoms with Gasteiger partial charge in [-0.25, -0.2) is 4.98 Å².